The van der Waals surface area contributed by atoms with Gasteiger partial charge in [-0.2, -0.15) is 0 Å². The molecule has 0 aliphatic carbocycles. The molecular formula is C26H26N2O3S2. The summed E-state index contributed by atoms with van der Waals surface area (Å²) in [6.45, 7) is 5.46. The summed E-state index contributed by atoms with van der Waals surface area (Å²) in [6, 6.07) is 18.0. The van der Waals surface area contributed by atoms with Crippen molar-refractivity contribution in [1.82, 2.24) is 9.88 Å². The standard InChI is InChI=1S/C26H26N2O3S2/c1-3-30-23-13-20(10-11-22(23)31-17-19-8-6-18(2)7-9-19)14-24-25(29)28(26(32)33-24)16-21-5-4-12-27-15-21/h4-13,15,24H,3,14,16-17H2,1-2H3/t24-/m0/s1. The van der Waals surface area contributed by atoms with Crippen LogP contribution in [0, 0.1) is 6.92 Å². The molecule has 1 fully saturated rings. The number of rotatable bonds is 9. The van der Waals surface area contributed by atoms with E-state index in [-0.39, 0.29) is 11.2 Å². The normalized spacial score (nSPS) is 15.7. The van der Waals surface area contributed by atoms with Gasteiger partial charge in [-0.15, -0.1) is 0 Å². The Labute approximate surface area is 204 Å². The Hall–Kier alpha value is -2.90. The van der Waals surface area contributed by atoms with Gasteiger partial charge in [0.25, 0.3) is 0 Å². The molecule has 2 aromatic carbocycles. The summed E-state index contributed by atoms with van der Waals surface area (Å²) in [5, 5.41) is -0.247. The number of thioether (sulfide) groups is 1. The Balaban J connectivity index is 1.43. The number of hydrogen-bond donors (Lipinski definition) is 0. The van der Waals surface area contributed by atoms with Crippen LogP contribution in [-0.2, 0) is 24.4 Å². The van der Waals surface area contributed by atoms with E-state index in [1.54, 1.807) is 17.3 Å². The van der Waals surface area contributed by atoms with Crippen LogP contribution in [0.5, 0.6) is 11.5 Å². The van der Waals surface area contributed by atoms with Gasteiger partial charge in [-0.05, 0) is 55.2 Å². The molecule has 1 amide bonds. The summed E-state index contributed by atoms with van der Waals surface area (Å²) in [4.78, 5) is 18.8. The topological polar surface area (TPSA) is 51.7 Å². The van der Waals surface area contributed by atoms with Crippen LogP contribution in [0.1, 0.15) is 29.2 Å². The van der Waals surface area contributed by atoms with Crippen LogP contribution in [-0.4, -0.2) is 32.0 Å². The van der Waals surface area contributed by atoms with Crippen LogP contribution >= 0.6 is 24.0 Å². The highest BCUT2D eigenvalue weighted by Crippen LogP contribution is 2.34. The Bertz CT molecular complexity index is 1120. The van der Waals surface area contributed by atoms with E-state index in [4.69, 9.17) is 21.7 Å². The third-order valence-electron chi connectivity index (χ3n) is 5.31. The van der Waals surface area contributed by atoms with E-state index in [2.05, 4.69) is 36.2 Å². The number of amides is 1. The van der Waals surface area contributed by atoms with Gasteiger partial charge in [-0.1, -0.05) is 65.9 Å². The molecule has 0 spiro atoms. The molecule has 1 aliphatic rings. The van der Waals surface area contributed by atoms with Crippen molar-refractivity contribution in [3.8, 4) is 11.5 Å². The molecule has 0 N–H and O–H groups in total. The van der Waals surface area contributed by atoms with Gasteiger partial charge in [0.2, 0.25) is 5.91 Å². The first-order chi connectivity index (χ1) is 16.0. The molecule has 0 radical (unpaired) electrons. The van der Waals surface area contributed by atoms with Gasteiger partial charge in [-0.25, -0.2) is 0 Å². The van der Waals surface area contributed by atoms with Crippen molar-refractivity contribution in [3.05, 3.63) is 89.2 Å². The van der Waals surface area contributed by atoms with Gasteiger partial charge in [0.05, 0.1) is 18.4 Å². The molecule has 3 aromatic rings. The van der Waals surface area contributed by atoms with Crippen LogP contribution in [0.3, 0.4) is 0 Å². The van der Waals surface area contributed by atoms with Crippen LogP contribution in [0.4, 0.5) is 0 Å². The minimum absolute atomic E-state index is 0.0338. The first-order valence-electron chi connectivity index (χ1n) is 10.9. The number of aromatic nitrogens is 1. The first-order valence-corrected chi connectivity index (χ1v) is 12.2. The number of carbonyl (C=O) groups is 1. The fourth-order valence-corrected chi connectivity index (χ4v) is 5.10. The van der Waals surface area contributed by atoms with Crippen molar-refractivity contribution in [3.63, 3.8) is 0 Å². The SMILES string of the molecule is CCOc1cc(C[C@@H]2SC(=S)N(Cc3cccnc3)C2=O)ccc1OCc1ccc(C)cc1. The summed E-state index contributed by atoms with van der Waals surface area (Å²) < 4.78 is 12.5. The largest absolute Gasteiger partial charge is 0.490 e. The van der Waals surface area contributed by atoms with E-state index in [0.717, 1.165) is 16.7 Å². The number of hydrogen-bond acceptors (Lipinski definition) is 6. The zero-order valence-electron chi connectivity index (χ0n) is 18.7. The minimum Gasteiger partial charge on any atom is -0.490 e. The molecule has 1 aromatic heterocycles. The van der Waals surface area contributed by atoms with E-state index in [1.165, 1.54) is 17.3 Å². The van der Waals surface area contributed by atoms with E-state index < -0.39 is 0 Å². The maximum atomic E-state index is 13.0. The van der Waals surface area contributed by atoms with Gasteiger partial charge in [0.1, 0.15) is 10.9 Å². The molecule has 1 atom stereocenters. The lowest BCUT2D eigenvalue weighted by atomic mass is 10.1. The summed E-state index contributed by atoms with van der Waals surface area (Å²) in [6.07, 6.45) is 4.05. The second-order valence-corrected chi connectivity index (χ2v) is 9.69. The molecule has 7 heteroatoms. The summed E-state index contributed by atoms with van der Waals surface area (Å²) >= 11 is 6.93. The third kappa shape index (κ3) is 5.92. The quantitative estimate of drug-likeness (QED) is 0.387. The summed E-state index contributed by atoms with van der Waals surface area (Å²) in [7, 11) is 0. The van der Waals surface area contributed by atoms with Gasteiger partial charge >= 0.3 is 0 Å². The number of pyridine rings is 1. The lowest BCUT2D eigenvalue weighted by molar-refractivity contribution is -0.126. The van der Waals surface area contributed by atoms with Gasteiger partial charge in [-0.3, -0.25) is 14.7 Å². The molecule has 0 saturated carbocycles. The molecule has 1 saturated heterocycles. The van der Waals surface area contributed by atoms with Crippen LogP contribution in [0.25, 0.3) is 0 Å². The predicted octanol–water partition coefficient (Wildman–Crippen LogP) is 5.34. The summed E-state index contributed by atoms with van der Waals surface area (Å²) in [5.74, 6) is 1.42. The Morgan fingerprint density at radius 3 is 2.55 bits per heavy atom. The maximum absolute atomic E-state index is 13.0. The second kappa shape index (κ2) is 10.8. The molecular weight excluding hydrogens is 452 g/mol. The average Bonchev–Trinajstić information content (AvgIpc) is 3.08. The van der Waals surface area contributed by atoms with E-state index >= 15 is 0 Å². The smallest absolute Gasteiger partial charge is 0.242 e. The molecule has 1 aliphatic heterocycles. The zero-order valence-corrected chi connectivity index (χ0v) is 20.3. The number of aryl methyl sites for hydroxylation is 1. The maximum Gasteiger partial charge on any atom is 0.242 e. The van der Waals surface area contributed by atoms with Crippen molar-refractivity contribution >= 4 is 34.2 Å². The fraction of sp³-hybridized carbons (Fsp3) is 0.269. The van der Waals surface area contributed by atoms with Gasteiger partial charge in [0.15, 0.2) is 11.5 Å². The molecule has 5 nitrogen and oxygen atoms in total. The van der Waals surface area contributed by atoms with Gasteiger partial charge < -0.3 is 9.47 Å². The van der Waals surface area contributed by atoms with Crippen molar-refractivity contribution in [2.75, 3.05) is 6.61 Å². The van der Waals surface area contributed by atoms with E-state index in [1.807, 2.05) is 37.3 Å². The average molecular weight is 479 g/mol. The van der Waals surface area contributed by atoms with Crippen molar-refractivity contribution in [1.29, 1.82) is 0 Å². The molecule has 0 unspecified atom stereocenters. The van der Waals surface area contributed by atoms with Crippen LogP contribution in [0.2, 0.25) is 0 Å². The highest BCUT2D eigenvalue weighted by atomic mass is 32.2. The summed E-state index contributed by atoms with van der Waals surface area (Å²) in [5.41, 5.74) is 4.29. The van der Waals surface area contributed by atoms with Crippen molar-refractivity contribution in [2.45, 2.75) is 38.7 Å². The molecule has 2 heterocycles. The highest BCUT2D eigenvalue weighted by molar-refractivity contribution is 8.24. The van der Waals surface area contributed by atoms with Crippen LogP contribution < -0.4 is 9.47 Å². The van der Waals surface area contributed by atoms with Gasteiger partial charge in [0, 0.05) is 12.4 Å². The molecule has 170 valence electrons. The Morgan fingerprint density at radius 2 is 1.82 bits per heavy atom. The highest BCUT2D eigenvalue weighted by Gasteiger charge is 2.36. The third-order valence-corrected chi connectivity index (χ3v) is 6.90. The number of thiocarbonyl (C=S) groups is 1. The van der Waals surface area contributed by atoms with Crippen LogP contribution in [0.15, 0.2) is 67.0 Å². The Morgan fingerprint density at radius 1 is 1.03 bits per heavy atom. The first kappa shape index (κ1) is 23.3. The monoisotopic (exact) mass is 478 g/mol. The lowest BCUT2D eigenvalue weighted by Gasteiger charge is -2.16. The van der Waals surface area contributed by atoms with E-state index in [9.17, 15) is 4.79 Å². The Kier molecular flexibility index (Phi) is 7.62. The number of ether oxygens (including phenoxy) is 2. The number of carbonyl (C=O) groups excluding carboxylic acids is 1. The lowest BCUT2D eigenvalue weighted by Crippen LogP contribution is -2.31. The minimum atomic E-state index is -0.247. The molecule has 0 bridgehead atoms. The van der Waals surface area contributed by atoms with E-state index in [0.29, 0.717) is 42.0 Å². The number of benzene rings is 2. The molecule has 4 rings (SSSR count). The number of nitrogens with zero attached hydrogens (tertiary/aromatic N) is 2. The van der Waals surface area contributed by atoms with Crippen molar-refractivity contribution < 1.29 is 14.3 Å². The fourth-order valence-electron chi connectivity index (χ4n) is 3.57. The molecule has 33 heavy (non-hydrogen) atoms. The second-order valence-electron chi connectivity index (χ2n) is 7.85. The zero-order chi connectivity index (χ0) is 23.2. The van der Waals surface area contributed by atoms with Crippen molar-refractivity contribution in [2.24, 2.45) is 0 Å². The predicted molar refractivity (Wildman–Crippen MR) is 136 cm³/mol.